The lowest BCUT2D eigenvalue weighted by atomic mass is 10.3. The van der Waals surface area contributed by atoms with Gasteiger partial charge in [0.15, 0.2) is 0 Å². The van der Waals surface area contributed by atoms with Crippen molar-refractivity contribution >= 4 is 11.8 Å². The van der Waals surface area contributed by atoms with E-state index in [-0.39, 0.29) is 0 Å². The second-order valence-corrected chi connectivity index (χ2v) is 4.85. The van der Waals surface area contributed by atoms with Crippen LogP contribution in [0.3, 0.4) is 0 Å². The van der Waals surface area contributed by atoms with E-state index in [2.05, 4.69) is 21.7 Å². The molecule has 0 aliphatic rings. The summed E-state index contributed by atoms with van der Waals surface area (Å²) < 4.78 is 7.23. The van der Waals surface area contributed by atoms with Crippen molar-refractivity contribution in [3.05, 3.63) is 43.0 Å². The van der Waals surface area contributed by atoms with Gasteiger partial charge >= 0.3 is 0 Å². The van der Waals surface area contributed by atoms with E-state index < -0.39 is 0 Å². The summed E-state index contributed by atoms with van der Waals surface area (Å²) in [5.74, 6) is 2.03. The van der Waals surface area contributed by atoms with Gasteiger partial charge in [-0.15, -0.1) is 11.8 Å². The predicted molar refractivity (Wildman–Crippen MR) is 70.6 cm³/mol. The van der Waals surface area contributed by atoms with Gasteiger partial charge in [-0.1, -0.05) is 0 Å². The molecule has 2 aromatic rings. The molecule has 17 heavy (non-hydrogen) atoms. The molecule has 0 atom stereocenters. The maximum absolute atomic E-state index is 5.12. The first-order chi connectivity index (χ1) is 8.38. The first kappa shape index (κ1) is 12.0. The highest BCUT2D eigenvalue weighted by molar-refractivity contribution is 7.99. The Labute approximate surface area is 106 Å². The molecule has 1 heterocycles. The average Bonchev–Trinajstić information content (AvgIpc) is 2.88. The highest BCUT2D eigenvalue weighted by atomic mass is 32.2. The largest absolute Gasteiger partial charge is 0.497 e. The van der Waals surface area contributed by atoms with E-state index in [1.807, 2.05) is 42.6 Å². The molecule has 2 rings (SSSR count). The lowest BCUT2D eigenvalue weighted by Crippen LogP contribution is -1.95. The molecule has 0 aliphatic carbocycles. The van der Waals surface area contributed by atoms with Gasteiger partial charge in [-0.25, -0.2) is 4.98 Å². The zero-order chi connectivity index (χ0) is 11.9. The van der Waals surface area contributed by atoms with Gasteiger partial charge in [-0.2, -0.15) is 0 Å². The standard InChI is InChI=1S/C13H16N2OS/c1-16-12-3-5-13(6-4-12)17-10-2-8-15-9-7-14-11-15/h3-7,9,11H,2,8,10H2,1H3. The lowest BCUT2D eigenvalue weighted by molar-refractivity contribution is 0.414. The van der Waals surface area contributed by atoms with Crippen molar-refractivity contribution in [3.8, 4) is 5.75 Å². The molecule has 4 heteroatoms. The Morgan fingerprint density at radius 3 is 2.76 bits per heavy atom. The Bertz CT molecular complexity index is 425. The first-order valence-corrected chi connectivity index (χ1v) is 6.59. The van der Waals surface area contributed by atoms with Crippen LogP contribution in [-0.4, -0.2) is 22.4 Å². The summed E-state index contributed by atoms with van der Waals surface area (Å²) in [4.78, 5) is 5.31. The van der Waals surface area contributed by atoms with E-state index in [0.29, 0.717) is 0 Å². The Hall–Kier alpha value is -1.42. The topological polar surface area (TPSA) is 27.1 Å². The van der Waals surface area contributed by atoms with Crippen molar-refractivity contribution in [3.63, 3.8) is 0 Å². The minimum atomic E-state index is 0.910. The summed E-state index contributed by atoms with van der Waals surface area (Å²) in [7, 11) is 1.69. The number of methoxy groups -OCH3 is 1. The number of benzene rings is 1. The van der Waals surface area contributed by atoms with E-state index in [1.165, 1.54) is 4.90 Å². The third-order valence-electron chi connectivity index (χ3n) is 2.45. The number of nitrogens with zero attached hydrogens (tertiary/aromatic N) is 2. The van der Waals surface area contributed by atoms with Gasteiger partial charge in [0.25, 0.3) is 0 Å². The van der Waals surface area contributed by atoms with Gasteiger partial charge in [-0.3, -0.25) is 0 Å². The number of imidazole rings is 1. The number of thioether (sulfide) groups is 1. The summed E-state index contributed by atoms with van der Waals surface area (Å²) in [5, 5.41) is 0. The molecule has 1 aromatic heterocycles. The third-order valence-corrected chi connectivity index (χ3v) is 3.55. The molecule has 0 spiro atoms. The second-order valence-electron chi connectivity index (χ2n) is 3.68. The number of hydrogen-bond acceptors (Lipinski definition) is 3. The van der Waals surface area contributed by atoms with Gasteiger partial charge in [-0.05, 0) is 36.4 Å². The molecule has 0 saturated carbocycles. The number of aryl methyl sites for hydroxylation is 1. The average molecular weight is 248 g/mol. The Morgan fingerprint density at radius 2 is 2.12 bits per heavy atom. The van der Waals surface area contributed by atoms with Crippen LogP contribution < -0.4 is 4.74 Å². The van der Waals surface area contributed by atoms with Gasteiger partial charge < -0.3 is 9.30 Å². The van der Waals surface area contributed by atoms with Crippen molar-refractivity contribution in [2.45, 2.75) is 17.9 Å². The van der Waals surface area contributed by atoms with Crippen molar-refractivity contribution in [1.29, 1.82) is 0 Å². The summed E-state index contributed by atoms with van der Waals surface area (Å²) in [5.41, 5.74) is 0. The van der Waals surface area contributed by atoms with Gasteiger partial charge in [0.2, 0.25) is 0 Å². The molecule has 0 saturated heterocycles. The molecule has 90 valence electrons. The molecular formula is C13H16N2OS. The minimum Gasteiger partial charge on any atom is -0.497 e. The maximum atomic E-state index is 5.12. The fourth-order valence-corrected chi connectivity index (χ4v) is 2.37. The first-order valence-electron chi connectivity index (χ1n) is 5.61. The Morgan fingerprint density at radius 1 is 1.29 bits per heavy atom. The smallest absolute Gasteiger partial charge is 0.118 e. The fraction of sp³-hybridized carbons (Fsp3) is 0.308. The normalized spacial score (nSPS) is 10.4. The summed E-state index contributed by atoms with van der Waals surface area (Å²) >= 11 is 1.87. The van der Waals surface area contributed by atoms with E-state index in [4.69, 9.17) is 4.74 Å². The van der Waals surface area contributed by atoms with Gasteiger partial charge in [0, 0.05) is 23.8 Å². The summed E-state index contributed by atoms with van der Waals surface area (Å²) in [6.45, 7) is 1.03. The lowest BCUT2D eigenvalue weighted by Gasteiger charge is -2.04. The van der Waals surface area contributed by atoms with Gasteiger partial charge in [0.05, 0.1) is 13.4 Å². The number of aromatic nitrogens is 2. The molecular weight excluding hydrogens is 232 g/mol. The van der Waals surface area contributed by atoms with Crippen molar-refractivity contribution < 1.29 is 4.74 Å². The zero-order valence-electron chi connectivity index (χ0n) is 9.87. The monoisotopic (exact) mass is 248 g/mol. The van der Waals surface area contributed by atoms with Crippen LogP contribution in [0.25, 0.3) is 0 Å². The minimum absolute atomic E-state index is 0.910. The van der Waals surface area contributed by atoms with E-state index >= 15 is 0 Å². The fourth-order valence-electron chi connectivity index (χ4n) is 1.53. The van der Waals surface area contributed by atoms with Crippen molar-refractivity contribution in [2.24, 2.45) is 0 Å². The SMILES string of the molecule is COc1ccc(SCCCn2ccnc2)cc1. The zero-order valence-corrected chi connectivity index (χ0v) is 10.7. The Kier molecular flexibility index (Phi) is 4.50. The van der Waals surface area contributed by atoms with Crippen LogP contribution in [-0.2, 0) is 6.54 Å². The number of ether oxygens (including phenoxy) is 1. The van der Waals surface area contributed by atoms with Crippen LogP contribution in [0.4, 0.5) is 0 Å². The van der Waals surface area contributed by atoms with Crippen LogP contribution >= 0.6 is 11.8 Å². The predicted octanol–water partition coefficient (Wildman–Crippen LogP) is 3.07. The van der Waals surface area contributed by atoms with Crippen LogP contribution in [0.5, 0.6) is 5.75 Å². The number of hydrogen-bond donors (Lipinski definition) is 0. The van der Waals surface area contributed by atoms with Gasteiger partial charge in [0.1, 0.15) is 5.75 Å². The number of rotatable bonds is 6. The van der Waals surface area contributed by atoms with E-state index in [9.17, 15) is 0 Å². The van der Waals surface area contributed by atoms with Crippen LogP contribution in [0, 0.1) is 0 Å². The molecule has 0 radical (unpaired) electrons. The molecule has 0 aliphatic heterocycles. The molecule has 0 bridgehead atoms. The summed E-state index contributed by atoms with van der Waals surface area (Å²) in [6.07, 6.45) is 6.82. The van der Waals surface area contributed by atoms with E-state index in [0.717, 1.165) is 24.5 Å². The maximum Gasteiger partial charge on any atom is 0.118 e. The van der Waals surface area contributed by atoms with Crippen LogP contribution in [0.15, 0.2) is 47.9 Å². The Balaban J connectivity index is 1.70. The van der Waals surface area contributed by atoms with Crippen LogP contribution in [0.1, 0.15) is 6.42 Å². The molecule has 1 aromatic carbocycles. The third kappa shape index (κ3) is 3.82. The molecule has 0 N–H and O–H groups in total. The molecule has 3 nitrogen and oxygen atoms in total. The summed E-state index contributed by atoms with van der Waals surface area (Å²) in [6, 6.07) is 8.19. The second kappa shape index (κ2) is 6.35. The quantitative estimate of drug-likeness (QED) is 0.580. The highest BCUT2D eigenvalue weighted by Crippen LogP contribution is 2.21. The van der Waals surface area contributed by atoms with Crippen LogP contribution in [0.2, 0.25) is 0 Å². The van der Waals surface area contributed by atoms with Crippen molar-refractivity contribution in [1.82, 2.24) is 9.55 Å². The molecule has 0 fully saturated rings. The highest BCUT2D eigenvalue weighted by Gasteiger charge is 1.96. The molecule has 0 unspecified atom stereocenters. The van der Waals surface area contributed by atoms with E-state index in [1.54, 1.807) is 7.11 Å². The van der Waals surface area contributed by atoms with Crippen molar-refractivity contribution in [2.75, 3.05) is 12.9 Å². The molecule has 0 amide bonds.